The SMILES string of the molecule is COc1cc(OCc2ccc(C(F)(F)F)nc2)ccc1-c1nc(C2CCCCC2)[nH]c1C. The number of benzene rings is 1. The molecule has 0 saturated heterocycles. The van der Waals surface area contributed by atoms with E-state index in [2.05, 4.69) is 9.97 Å². The number of hydrogen-bond donors (Lipinski definition) is 1. The van der Waals surface area contributed by atoms with Gasteiger partial charge in [-0.3, -0.25) is 4.98 Å². The summed E-state index contributed by atoms with van der Waals surface area (Å²) in [5.41, 5.74) is 2.34. The first-order valence-electron chi connectivity index (χ1n) is 10.7. The number of aryl methyl sites for hydroxylation is 1. The molecule has 1 fully saturated rings. The van der Waals surface area contributed by atoms with Crippen molar-refractivity contribution in [3.8, 4) is 22.8 Å². The largest absolute Gasteiger partial charge is 0.496 e. The normalized spacial score (nSPS) is 15.0. The van der Waals surface area contributed by atoms with Crippen LogP contribution < -0.4 is 9.47 Å². The van der Waals surface area contributed by atoms with Crippen molar-refractivity contribution in [1.29, 1.82) is 0 Å². The van der Waals surface area contributed by atoms with Crippen LogP contribution in [-0.4, -0.2) is 22.1 Å². The van der Waals surface area contributed by atoms with Crippen molar-refractivity contribution in [2.75, 3.05) is 7.11 Å². The van der Waals surface area contributed by atoms with E-state index in [1.54, 1.807) is 13.2 Å². The Morgan fingerprint density at radius 3 is 2.53 bits per heavy atom. The Morgan fingerprint density at radius 1 is 1.09 bits per heavy atom. The number of aromatic amines is 1. The number of halogens is 3. The zero-order chi connectivity index (χ0) is 22.7. The molecule has 0 bridgehead atoms. The molecule has 0 spiro atoms. The standard InChI is InChI=1S/C24H26F3N3O2/c1-15-22(30-23(29-15)17-6-4-3-5-7-17)19-10-9-18(12-20(19)31-2)32-14-16-8-11-21(28-13-16)24(25,26)27/h8-13,17H,3-7,14H2,1-2H3,(H,29,30). The van der Waals surface area contributed by atoms with E-state index in [0.29, 0.717) is 23.0 Å². The van der Waals surface area contributed by atoms with Crippen LogP contribution in [0.1, 0.15) is 60.8 Å². The highest BCUT2D eigenvalue weighted by Crippen LogP contribution is 2.37. The van der Waals surface area contributed by atoms with Gasteiger partial charge >= 0.3 is 6.18 Å². The molecule has 32 heavy (non-hydrogen) atoms. The molecule has 2 heterocycles. The minimum Gasteiger partial charge on any atom is -0.496 e. The third-order valence-electron chi connectivity index (χ3n) is 5.84. The second-order valence-electron chi connectivity index (χ2n) is 8.13. The molecule has 0 atom stereocenters. The number of H-pyrrole nitrogens is 1. The maximum Gasteiger partial charge on any atom is 0.433 e. The number of ether oxygens (including phenoxy) is 2. The summed E-state index contributed by atoms with van der Waals surface area (Å²) < 4.78 is 49.3. The van der Waals surface area contributed by atoms with Crippen LogP contribution in [0.2, 0.25) is 0 Å². The van der Waals surface area contributed by atoms with Gasteiger partial charge in [-0.15, -0.1) is 0 Å². The number of nitrogens with zero attached hydrogens (tertiary/aromatic N) is 2. The highest BCUT2D eigenvalue weighted by Gasteiger charge is 2.32. The van der Waals surface area contributed by atoms with E-state index in [-0.39, 0.29) is 6.61 Å². The van der Waals surface area contributed by atoms with Gasteiger partial charge in [-0.25, -0.2) is 4.98 Å². The van der Waals surface area contributed by atoms with Gasteiger partial charge < -0.3 is 14.5 Å². The minimum absolute atomic E-state index is 0.0981. The molecular formula is C24H26F3N3O2. The Kier molecular flexibility index (Phi) is 6.39. The summed E-state index contributed by atoms with van der Waals surface area (Å²) in [6.45, 7) is 2.11. The van der Waals surface area contributed by atoms with Gasteiger partial charge in [0, 0.05) is 35.0 Å². The molecule has 1 aromatic carbocycles. The van der Waals surface area contributed by atoms with Crippen molar-refractivity contribution >= 4 is 0 Å². The van der Waals surface area contributed by atoms with E-state index < -0.39 is 11.9 Å². The van der Waals surface area contributed by atoms with Gasteiger partial charge in [-0.05, 0) is 38.0 Å². The zero-order valence-electron chi connectivity index (χ0n) is 18.1. The van der Waals surface area contributed by atoms with Crippen LogP contribution in [0.4, 0.5) is 13.2 Å². The second-order valence-corrected chi connectivity index (χ2v) is 8.13. The first kappa shape index (κ1) is 22.2. The van der Waals surface area contributed by atoms with Crippen LogP contribution in [0.25, 0.3) is 11.3 Å². The molecule has 1 aliphatic carbocycles. The quantitative estimate of drug-likeness (QED) is 0.475. The number of pyridine rings is 1. The first-order valence-corrected chi connectivity index (χ1v) is 10.7. The van der Waals surface area contributed by atoms with E-state index in [1.807, 2.05) is 19.1 Å². The fraction of sp³-hybridized carbons (Fsp3) is 0.417. The summed E-state index contributed by atoms with van der Waals surface area (Å²) >= 11 is 0. The number of nitrogens with one attached hydrogen (secondary N) is 1. The Hall–Kier alpha value is -3.03. The van der Waals surface area contributed by atoms with E-state index in [9.17, 15) is 13.2 Å². The van der Waals surface area contributed by atoms with Crippen LogP contribution in [0.15, 0.2) is 36.5 Å². The molecule has 0 aliphatic heterocycles. The maximum absolute atomic E-state index is 12.7. The zero-order valence-corrected chi connectivity index (χ0v) is 18.1. The minimum atomic E-state index is -4.45. The average molecular weight is 445 g/mol. The number of imidazole rings is 1. The van der Waals surface area contributed by atoms with Crippen molar-refractivity contribution in [1.82, 2.24) is 15.0 Å². The highest BCUT2D eigenvalue weighted by molar-refractivity contribution is 5.70. The molecular weight excluding hydrogens is 419 g/mol. The van der Waals surface area contributed by atoms with E-state index in [1.165, 1.54) is 31.5 Å². The Balaban J connectivity index is 1.49. The van der Waals surface area contributed by atoms with E-state index in [0.717, 1.165) is 41.7 Å². The van der Waals surface area contributed by atoms with Crippen LogP contribution >= 0.6 is 0 Å². The van der Waals surface area contributed by atoms with Crippen molar-refractivity contribution in [2.24, 2.45) is 0 Å². The average Bonchev–Trinajstić information content (AvgIpc) is 3.19. The van der Waals surface area contributed by atoms with Crippen LogP contribution in [0.3, 0.4) is 0 Å². The van der Waals surface area contributed by atoms with Crippen LogP contribution in [0.5, 0.6) is 11.5 Å². The predicted molar refractivity (Wildman–Crippen MR) is 115 cm³/mol. The molecule has 0 amide bonds. The molecule has 1 saturated carbocycles. The summed E-state index contributed by atoms with van der Waals surface area (Å²) in [7, 11) is 1.59. The lowest BCUT2D eigenvalue weighted by atomic mass is 9.89. The first-order chi connectivity index (χ1) is 15.3. The molecule has 8 heteroatoms. The Labute approximate surface area is 185 Å². The third kappa shape index (κ3) is 4.89. The van der Waals surface area contributed by atoms with Gasteiger partial charge in [-0.2, -0.15) is 13.2 Å². The summed E-state index contributed by atoms with van der Waals surface area (Å²) in [6.07, 6.45) is 2.82. The van der Waals surface area contributed by atoms with Gasteiger partial charge in [0.05, 0.1) is 12.8 Å². The molecule has 1 aliphatic rings. The second kappa shape index (κ2) is 9.22. The maximum atomic E-state index is 12.7. The van der Waals surface area contributed by atoms with Crippen LogP contribution in [-0.2, 0) is 12.8 Å². The Morgan fingerprint density at radius 2 is 1.88 bits per heavy atom. The van der Waals surface area contributed by atoms with Gasteiger partial charge in [0.2, 0.25) is 0 Å². The highest BCUT2D eigenvalue weighted by atomic mass is 19.4. The number of alkyl halides is 3. The topological polar surface area (TPSA) is 60.0 Å². The Bertz CT molecular complexity index is 1060. The monoisotopic (exact) mass is 445 g/mol. The van der Waals surface area contributed by atoms with Gasteiger partial charge in [-0.1, -0.05) is 25.3 Å². The lowest BCUT2D eigenvalue weighted by Gasteiger charge is -2.19. The summed E-state index contributed by atoms with van der Waals surface area (Å²) in [4.78, 5) is 11.8. The van der Waals surface area contributed by atoms with Crippen molar-refractivity contribution < 1.29 is 22.6 Å². The predicted octanol–water partition coefficient (Wildman–Crippen LogP) is 6.43. The molecule has 1 N–H and O–H groups in total. The summed E-state index contributed by atoms with van der Waals surface area (Å²) in [5, 5.41) is 0. The lowest BCUT2D eigenvalue weighted by molar-refractivity contribution is -0.141. The summed E-state index contributed by atoms with van der Waals surface area (Å²) in [5.74, 6) is 2.68. The van der Waals surface area contributed by atoms with Crippen molar-refractivity contribution in [3.63, 3.8) is 0 Å². The number of rotatable bonds is 6. The van der Waals surface area contributed by atoms with Gasteiger partial charge in [0.25, 0.3) is 0 Å². The van der Waals surface area contributed by atoms with Crippen LogP contribution in [0, 0.1) is 6.92 Å². The third-order valence-corrected chi connectivity index (χ3v) is 5.84. The molecule has 5 nitrogen and oxygen atoms in total. The van der Waals surface area contributed by atoms with Gasteiger partial charge in [0.1, 0.15) is 29.6 Å². The van der Waals surface area contributed by atoms with Gasteiger partial charge in [0.15, 0.2) is 0 Å². The molecule has 0 radical (unpaired) electrons. The van der Waals surface area contributed by atoms with Crippen molar-refractivity contribution in [3.05, 3.63) is 59.3 Å². The molecule has 170 valence electrons. The van der Waals surface area contributed by atoms with E-state index >= 15 is 0 Å². The van der Waals surface area contributed by atoms with Crippen molar-refractivity contribution in [2.45, 2.75) is 57.7 Å². The molecule has 2 aromatic heterocycles. The number of aromatic nitrogens is 3. The summed E-state index contributed by atoms with van der Waals surface area (Å²) in [6, 6.07) is 7.78. The molecule has 0 unspecified atom stereocenters. The van der Waals surface area contributed by atoms with E-state index in [4.69, 9.17) is 14.5 Å². The lowest BCUT2D eigenvalue weighted by Crippen LogP contribution is -2.08. The number of methoxy groups -OCH3 is 1. The fourth-order valence-electron chi connectivity index (χ4n) is 4.12. The molecule has 4 rings (SSSR count). The smallest absolute Gasteiger partial charge is 0.433 e. The number of hydrogen-bond acceptors (Lipinski definition) is 4. The fourth-order valence-corrected chi connectivity index (χ4v) is 4.12. The molecule has 3 aromatic rings.